The van der Waals surface area contributed by atoms with E-state index in [1.54, 1.807) is 0 Å². The van der Waals surface area contributed by atoms with Gasteiger partial charge in [-0.05, 0) is 55.7 Å². The van der Waals surface area contributed by atoms with Crippen molar-refractivity contribution in [1.29, 1.82) is 0 Å². The van der Waals surface area contributed by atoms with Crippen LogP contribution in [0, 0.1) is 0 Å². The molecular weight excluding hydrogens is 350 g/mol. The number of benzene rings is 2. The Bertz CT molecular complexity index is 730. The smallest absolute Gasteiger partial charge is 0.128 e. The van der Waals surface area contributed by atoms with Crippen LogP contribution >= 0.6 is 15.9 Å². The minimum Gasteiger partial charge on any atom is -0.507 e. The molecule has 0 amide bonds. The highest BCUT2D eigenvalue weighted by atomic mass is 79.9. The Morgan fingerprint density at radius 1 is 1.22 bits per heavy atom. The number of aromatic hydroxyl groups is 1. The number of fused-ring (bicyclic) bond motifs is 1. The van der Waals surface area contributed by atoms with Gasteiger partial charge in [0.25, 0.3) is 0 Å². The Morgan fingerprint density at radius 2 is 1.96 bits per heavy atom. The standard InChI is InChI=1S/C20H24BrNO/c1-13(2)22-12-17-19-15(9-6-10-18(19)21)11-16(20(17)23)14-7-4-3-5-8-14/h6,9-14,23H,3-5,7-8H2,1-2H3. The molecule has 1 fully saturated rings. The summed E-state index contributed by atoms with van der Waals surface area (Å²) >= 11 is 3.64. The van der Waals surface area contributed by atoms with Crippen LogP contribution in [0.4, 0.5) is 0 Å². The van der Waals surface area contributed by atoms with E-state index in [-0.39, 0.29) is 6.04 Å². The van der Waals surface area contributed by atoms with Gasteiger partial charge < -0.3 is 5.11 Å². The number of nitrogens with zero attached hydrogens (tertiary/aromatic N) is 1. The lowest BCUT2D eigenvalue weighted by Crippen LogP contribution is -2.06. The zero-order valence-corrected chi connectivity index (χ0v) is 15.4. The number of rotatable bonds is 3. The molecule has 2 aromatic carbocycles. The summed E-state index contributed by atoms with van der Waals surface area (Å²) in [6, 6.07) is 8.59. The SMILES string of the molecule is CC(C)N=Cc1c(O)c(C2CCCCC2)cc2cccc(Br)c12. The number of hydrogen-bond donors (Lipinski definition) is 1. The van der Waals surface area contributed by atoms with Gasteiger partial charge in [0, 0.05) is 27.7 Å². The molecule has 0 heterocycles. The molecule has 0 atom stereocenters. The van der Waals surface area contributed by atoms with E-state index in [4.69, 9.17) is 0 Å². The van der Waals surface area contributed by atoms with E-state index in [2.05, 4.69) is 53.0 Å². The largest absolute Gasteiger partial charge is 0.507 e. The van der Waals surface area contributed by atoms with Gasteiger partial charge in [0.15, 0.2) is 0 Å². The van der Waals surface area contributed by atoms with Crippen molar-refractivity contribution in [3.05, 3.63) is 39.9 Å². The topological polar surface area (TPSA) is 32.6 Å². The summed E-state index contributed by atoms with van der Waals surface area (Å²) in [6.07, 6.45) is 8.03. The van der Waals surface area contributed by atoms with Crippen LogP contribution in [0.2, 0.25) is 0 Å². The van der Waals surface area contributed by atoms with Crippen LogP contribution in [0.25, 0.3) is 10.8 Å². The Balaban J connectivity index is 2.20. The van der Waals surface area contributed by atoms with Gasteiger partial charge in [-0.3, -0.25) is 4.99 Å². The van der Waals surface area contributed by atoms with Crippen molar-refractivity contribution in [3.63, 3.8) is 0 Å². The summed E-state index contributed by atoms with van der Waals surface area (Å²) in [6.45, 7) is 4.10. The fourth-order valence-corrected chi connectivity index (χ4v) is 4.12. The van der Waals surface area contributed by atoms with E-state index in [0.717, 1.165) is 21.0 Å². The van der Waals surface area contributed by atoms with E-state index in [1.165, 1.54) is 37.5 Å². The Hall–Kier alpha value is -1.35. The summed E-state index contributed by atoms with van der Waals surface area (Å²) in [4.78, 5) is 4.53. The molecule has 2 nitrogen and oxygen atoms in total. The highest BCUT2D eigenvalue weighted by Crippen LogP contribution is 2.42. The van der Waals surface area contributed by atoms with Crippen LogP contribution in [0.3, 0.4) is 0 Å². The van der Waals surface area contributed by atoms with Crippen molar-refractivity contribution < 1.29 is 5.11 Å². The lowest BCUT2D eigenvalue weighted by atomic mass is 9.82. The number of phenols is 1. The third kappa shape index (κ3) is 3.45. The maximum atomic E-state index is 11.0. The second kappa shape index (κ2) is 7.04. The third-order valence-corrected chi connectivity index (χ3v) is 5.36. The fourth-order valence-electron chi connectivity index (χ4n) is 3.53. The lowest BCUT2D eigenvalue weighted by molar-refractivity contribution is 0.414. The number of halogens is 1. The van der Waals surface area contributed by atoms with Crippen molar-refractivity contribution in [2.24, 2.45) is 4.99 Å². The van der Waals surface area contributed by atoms with Gasteiger partial charge in [0.05, 0.1) is 0 Å². The number of phenolic OH excluding ortho intramolecular Hbond substituents is 1. The maximum Gasteiger partial charge on any atom is 0.128 e. The maximum absolute atomic E-state index is 11.0. The van der Waals surface area contributed by atoms with Crippen LogP contribution < -0.4 is 0 Å². The molecule has 2 aromatic rings. The Kier molecular flexibility index (Phi) is 5.05. The zero-order chi connectivity index (χ0) is 16.4. The van der Waals surface area contributed by atoms with Crippen LogP contribution in [-0.4, -0.2) is 17.4 Å². The minimum absolute atomic E-state index is 0.213. The third-order valence-electron chi connectivity index (χ3n) is 4.70. The van der Waals surface area contributed by atoms with Gasteiger partial charge in [-0.2, -0.15) is 0 Å². The van der Waals surface area contributed by atoms with Crippen LogP contribution in [0.1, 0.15) is 63.0 Å². The summed E-state index contributed by atoms with van der Waals surface area (Å²) in [5.41, 5.74) is 1.95. The van der Waals surface area contributed by atoms with Crippen molar-refractivity contribution in [1.82, 2.24) is 0 Å². The molecule has 3 heteroatoms. The first kappa shape index (κ1) is 16.5. The predicted molar refractivity (Wildman–Crippen MR) is 102 cm³/mol. The molecule has 1 saturated carbocycles. The van der Waals surface area contributed by atoms with Gasteiger partial charge in [-0.15, -0.1) is 0 Å². The van der Waals surface area contributed by atoms with Crippen molar-refractivity contribution in [3.8, 4) is 5.75 Å². The fraction of sp³-hybridized carbons (Fsp3) is 0.450. The highest BCUT2D eigenvalue weighted by molar-refractivity contribution is 9.10. The average Bonchev–Trinajstić information content (AvgIpc) is 2.54. The zero-order valence-electron chi connectivity index (χ0n) is 13.8. The first-order valence-electron chi connectivity index (χ1n) is 8.55. The molecule has 122 valence electrons. The lowest BCUT2D eigenvalue weighted by Gasteiger charge is -2.24. The molecular formula is C20H24BrNO. The molecule has 0 spiro atoms. The van der Waals surface area contributed by atoms with Gasteiger partial charge in [0.2, 0.25) is 0 Å². The molecule has 3 rings (SSSR count). The van der Waals surface area contributed by atoms with Gasteiger partial charge >= 0.3 is 0 Å². The van der Waals surface area contributed by atoms with Gasteiger partial charge in [-0.25, -0.2) is 0 Å². The van der Waals surface area contributed by atoms with E-state index in [1.807, 2.05) is 12.3 Å². The quantitative estimate of drug-likeness (QED) is 0.639. The molecule has 0 radical (unpaired) electrons. The van der Waals surface area contributed by atoms with Crippen molar-refractivity contribution >= 4 is 32.9 Å². The molecule has 1 aliphatic carbocycles. The molecule has 0 aliphatic heterocycles. The molecule has 0 aromatic heterocycles. The Labute approximate surface area is 146 Å². The second-order valence-corrected chi connectivity index (χ2v) is 7.63. The molecule has 0 unspecified atom stereocenters. The monoisotopic (exact) mass is 373 g/mol. The predicted octanol–water partition coefficient (Wildman–Crippen LogP) is 6.18. The van der Waals surface area contributed by atoms with Crippen molar-refractivity contribution in [2.75, 3.05) is 0 Å². The number of aliphatic imine (C=N–C) groups is 1. The highest BCUT2D eigenvalue weighted by Gasteiger charge is 2.22. The van der Waals surface area contributed by atoms with E-state index < -0.39 is 0 Å². The average molecular weight is 374 g/mol. The summed E-state index contributed by atoms with van der Waals surface area (Å²) < 4.78 is 1.01. The van der Waals surface area contributed by atoms with E-state index in [0.29, 0.717) is 11.7 Å². The second-order valence-electron chi connectivity index (χ2n) is 6.77. The van der Waals surface area contributed by atoms with E-state index >= 15 is 0 Å². The van der Waals surface area contributed by atoms with Gasteiger partial charge in [0.1, 0.15) is 5.75 Å². The summed E-state index contributed by atoms with van der Waals surface area (Å²) in [7, 11) is 0. The van der Waals surface area contributed by atoms with Crippen LogP contribution in [0.15, 0.2) is 33.7 Å². The van der Waals surface area contributed by atoms with Gasteiger partial charge in [-0.1, -0.05) is 47.3 Å². The Morgan fingerprint density at radius 3 is 2.65 bits per heavy atom. The minimum atomic E-state index is 0.213. The molecule has 1 aliphatic rings. The first-order valence-corrected chi connectivity index (χ1v) is 9.34. The number of hydrogen-bond acceptors (Lipinski definition) is 2. The summed E-state index contributed by atoms with van der Waals surface area (Å²) in [5, 5.41) is 13.2. The van der Waals surface area contributed by atoms with Crippen molar-refractivity contribution in [2.45, 2.75) is 57.9 Å². The normalized spacial score (nSPS) is 16.7. The summed E-state index contributed by atoms with van der Waals surface area (Å²) in [5.74, 6) is 0.888. The van der Waals surface area contributed by atoms with E-state index in [9.17, 15) is 5.11 Å². The first-order chi connectivity index (χ1) is 11.1. The van der Waals surface area contributed by atoms with Crippen LogP contribution in [0.5, 0.6) is 5.75 Å². The molecule has 0 saturated heterocycles. The van der Waals surface area contributed by atoms with Crippen LogP contribution in [-0.2, 0) is 0 Å². The molecule has 23 heavy (non-hydrogen) atoms. The molecule has 0 bridgehead atoms. The molecule has 1 N–H and O–H groups in total.